The Morgan fingerprint density at radius 3 is 2.79 bits per heavy atom. The van der Waals surface area contributed by atoms with Crippen LogP contribution in [0, 0.1) is 5.82 Å². The monoisotopic (exact) mass is 266 g/mol. The number of nitrogens with one attached hydrogen (secondary N) is 1. The zero-order valence-corrected chi connectivity index (χ0v) is 11.0. The minimum Gasteiger partial charge on any atom is -0.358 e. The van der Waals surface area contributed by atoms with Gasteiger partial charge in [0, 0.05) is 14.1 Å². The quantitative estimate of drug-likeness (QED) is 0.872. The van der Waals surface area contributed by atoms with E-state index < -0.39 is 5.82 Å². The summed E-state index contributed by atoms with van der Waals surface area (Å²) >= 11 is 0. The molecule has 0 aliphatic heterocycles. The summed E-state index contributed by atoms with van der Waals surface area (Å²) in [6.07, 6.45) is 1.83. The van der Waals surface area contributed by atoms with E-state index in [1.807, 2.05) is 6.92 Å². The molecule has 1 N–H and O–H groups in total. The van der Waals surface area contributed by atoms with Crippen LogP contribution in [0.2, 0.25) is 0 Å². The molecule has 0 atom stereocenters. The molecule has 7 nitrogen and oxygen atoms in total. The summed E-state index contributed by atoms with van der Waals surface area (Å²) in [5.74, 6) is 0.516. The van der Waals surface area contributed by atoms with Crippen molar-refractivity contribution < 1.29 is 8.91 Å². The molecule has 102 valence electrons. The van der Waals surface area contributed by atoms with Gasteiger partial charge in [-0.15, -0.1) is 0 Å². The van der Waals surface area contributed by atoms with Gasteiger partial charge in [-0.3, -0.25) is 0 Å². The molecule has 0 unspecified atom stereocenters. The van der Waals surface area contributed by atoms with Gasteiger partial charge in [-0.1, -0.05) is 6.92 Å². The van der Waals surface area contributed by atoms with Crippen LogP contribution in [0.1, 0.15) is 18.5 Å². The van der Waals surface area contributed by atoms with E-state index in [4.69, 9.17) is 4.52 Å². The Hall–Kier alpha value is -2.25. The molecule has 0 amide bonds. The SMILES string of the molecule is CCc1ncnc(NCc2nc(N(C)C)no2)c1F. The molecule has 2 aromatic rings. The molecule has 0 aliphatic rings. The van der Waals surface area contributed by atoms with Crippen molar-refractivity contribution in [2.45, 2.75) is 19.9 Å². The smallest absolute Gasteiger partial charge is 0.265 e. The summed E-state index contributed by atoms with van der Waals surface area (Å²) < 4.78 is 18.9. The third kappa shape index (κ3) is 2.95. The van der Waals surface area contributed by atoms with Crippen molar-refractivity contribution >= 4 is 11.8 Å². The molecule has 0 aliphatic carbocycles. The zero-order chi connectivity index (χ0) is 13.8. The van der Waals surface area contributed by atoms with Gasteiger partial charge in [-0.05, 0) is 11.6 Å². The number of aromatic nitrogens is 4. The fourth-order valence-electron chi connectivity index (χ4n) is 1.43. The lowest BCUT2D eigenvalue weighted by Crippen LogP contribution is -2.11. The van der Waals surface area contributed by atoms with Gasteiger partial charge in [0.25, 0.3) is 5.95 Å². The summed E-state index contributed by atoms with van der Waals surface area (Å²) in [5.41, 5.74) is 0.372. The third-order valence-electron chi connectivity index (χ3n) is 2.46. The van der Waals surface area contributed by atoms with Crippen molar-refractivity contribution in [1.29, 1.82) is 0 Å². The Labute approximate surface area is 109 Å². The molecule has 0 saturated carbocycles. The first-order chi connectivity index (χ1) is 9.11. The maximum atomic E-state index is 13.8. The van der Waals surface area contributed by atoms with Gasteiger partial charge in [-0.2, -0.15) is 4.98 Å². The van der Waals surface area contributed by atoms with Crippen molar-refractivity contribution in [3.05, 3.63) is 23.7 Å². The average Bonchev–Trinajstić information content (AvgIpc) is 2.86. The first-order valence-electron chi connectivity index (χ1n) is 5.85. The van der Waals surface area contributed by atoms with Crippen LogP contribution in [-0.2, 0) is 13.0 Å². The number of hydrogen-bond donors (Lipinski definition) is 1. The predicted octanol–water partition coefficient (Wildman–Crippen LogP) is 1.24. The van der Waals surface area contributed by atoms with Gasteiger partial charge in [-0.25, -0.2) is 14.4 Å². The van der Waals surface area contributed by atoms with Crippen LogP contribution in [0.25, 0.3) is 0 Å². The standard InChI is InChI=1S/C11H15FN6O/c1-4-7-9(12)10(15-6-14-7)13-5-8-16-11(17-19-8)18(2)3/h6H,4-5H2,1-3H3,(H,13,14,15). The number of rotatable bonds is 5. The highest BCUT2D eigenvalue weighted by Gasteiger charge is 2.12. The Bertz CT molecular complexity index is 556. The van der Waals surface area contributed by atoms with E-state index in [1.54, 1.807) is 19.0 Å². The van der Waals surface area contributed by atoms with Crippen LogP contribution in [0.15, 0.2) is 10.9 Å². The highest BCUT2D eigenvalue weighted by molar-refractivity contribution is 5.37. The maximum absolute atomic E-state index is 13.8. The van der Waals surface area contributed by atoms with Gasteiger partial charge in [0.15, 0.2) is 11.6 Å². The van der Waals surface area contributed by atoms with Crippen molar-refractivity contribution in [3.63, 3.8) is 0 Å². The molecule has 8 heteroatoms. The number of halogens is 1. The molecule has 0 saturated heterocycles. The van der Waals surface area contributed by atoms with Crippen LogP contribution in [0.5, 0.6) is 0 Å². The van der Waals surface area contributed by atoms with Crippen molar-refractivity contribution in [3.8, 4) is 0 Å². The Morgan fingerprint density at radius 2 is 2.16 bits per heavy atom. The first kappa shape index (κ1) is 13.2. The largest absolute Gasteiger partial charge is 0.358 e. The second-order valence-electron chi connectivity index (χ2n) is 4.07. The lowest BCUT2D eigenvalue weighted by molar-refractivity contribution is 0.383. The fraction of sp³-hybridized carbons (Fsp3) is 0.455. The van der Waals surface area contributed by atoms with E-state index in [9.17, 15) is 4.39 Å². The Kier molecular flexibility index (Phi) is 3.88. The maximum Gasteiger partial charge on any atom is 0.265 e. The summed E-state index contributed by atoms with van der Waals surface area (Å²) in [4.78, 5) is 13.5. The lowest BCUT2D eigenvalue weighted by Gasteiger charge is -2.05. The summed E-state index contributed by atoms with van der Waals surface area (Å²) in [7, 11) is 3.61. The molecular formula is C11H15FN6O. The van der Waals surface area contributed by atoms with Crippen LogP contribution in [0.3, 0.4) is 0 Å². The normalized spacial score (nSPS) is 10.5. The Morgan fingerprint density at radius 1 is 1.37 bits per heavy atom. The molecule has 0 radical (unpaired) electrons. The number of aryl methyl sites for hydroxylation is 1. The van der Waals surface area contributed by atoms with Crippen molar-refractivity contribution in [1.82, 2.24) is 20.1 Å². The van der Waals surface area contributed by atoms with Gasteiger partial charge in [0.2, 0.25) is 5.89 Å². The number of nitrogens with zero attached hydrogens (tertiary/aromatic N) is 5. The lowest BCUT2D eigenvalue weighted by atomic mass is 10.3. The summed E-state index contributed by atoms with van der Waals surface area (Å²) in [6.45, 7) is 2.04. The van der Waals surface area contributed by atoms with E-state index >= 15 is 0 Å². The van der Waals surface area contributed by atoms with E-state index in [-0.39, 0.29) is 12.4 Å². The van der Waals surface area contributed by atoms with E-state index in [0.29, 0.717) is 24.0 Å². The topological polar surface area (TPSA) is 80.0 Å². The molecule has 2 rings (SSSR count). The minimum absolute atomic E-state index is 0.136. The minimum atomic E-state index is -0.447. The molecule has 0 fully saturated rings. The second-order valence-corrected chi connectivity index (χ2v) is 4.07. The predicted molar refractivity (Wildman–Crippen MR) is 67.3 cm³/mol. The van der Waals surface area contributed by atoms with E-state index in [0.717, 1.165) is 0 Å². The summed E-state index contributed by atoms with van der Waals surface area (Å²) in [6, 6.07) is 0. The molecule has 2 heterocycles. The van der Waals surface area contributed by atoms with Crippen LogP contribution in [0.4, 0.5) is 16.2 Å². The Balaban J connectivity index is 2.06. The summed E-state index contributed by atoms with van der Waals surface area (Å²) in [5, 5.41) is 6.57. The molecule has 0 bridgehead atoms. The molecule has 0 aromatic carbocycles. The molecule has 0 spiro atoms. The van der Waals surface area contributed by atoms with Crippen LogP contribution < -0.4 is 10.2 Å². The highest BCUT2D eigenvalue weighted by Crippen LogP contribution is 2.14. The fourth-order valence-corrected chi connectivity index (χ4v) is 1.43. The molecular weight excluding hydrogens is 251 g/mol. The van der Waals surface area contributed by atoms with Crippen LogP contribution >= 0.6 is 0 Å². The highest BCUT2D eigenvalue weighted by atomic mass is 19.1. The van der Waals surface area contributed by atoms with Gasteiger partial charge in [0.05, 0.1) is 12.2 Å². The number of anilines is 2. The van der Waals surface area contributed by atoms with Crippen molar-refractivity contribution in [2.75, 3.05) is 24.3 Å². The first-order valence-corrected chi connectivity index (χ1v) is 5.85. The van der Waals surface area contributed by atoms with E-state index in [1.165, 1.54) is 6.33 Å². The molecule has 2 aromatic heterocycles. The third-order valence-corrected chi connectivity index (χ3v) is 2.46. The van der Waals surface area contributed by atoms with E-state index in [2.05, 4.69) is 25.4 Å². The molecule has 19 heavy (non-hydrogen) atoms. The number of hydrogen-bond acceptors (Lipinski definition) is 7. The zero-order valence-electron chi connectivity index (χ0n) is 11.0. The van der Waals surface area contributed by atoms with Gasteiger partial charge in [0.1, 0.15) is 6.33 Å². The van der Waals surface area contributed by atoms with Gasteiger partial charge < -0.3 is 14.7 Å². The average molecular weight is 266 g/mol. The second kappa shape index (κ2) is 5.59. The van der Waals surface area contributed by atoms with Crippen LogP contribution in [-0.4, -0.2) is 34.2 Å². The van der Waals surface area contributed by atoms with Crippen molar-refractivity contribution in [2.24, 2.45) is 0 Å². The van der Waals surface area contributed by atoms with Gasteiger partial charge >= 0.3 is 0 Å².